The predicted molar refractivity (Wildman–Crippen MR) is 89.9 cm³/mol. The van der Waals surface area contributed by atoms with Crippen LogP contribution >= 0.6 is 0 Å². The average Bonchev–Trinajstić information content (AvgIpc) is 2.91. The molecule has 0 aliphatic heterocycles. The monoisotopic (exact) mass is 312 g/mol. The van der Waals surface area contributed by atoms with Crippen molar-refractivity contribution in [2.24, 2.45) is 5.92 Å². The normalized spacial score (nSPS) is 21.1. The van der Waals surface area contributed by atoms with E-state index in [9.17, 15) is 4.79 Å². The van der Waals surface area contributed by atoms with E-state index < -0.39 is 0 Å². The minimum Gasteiger partial charge on any atom is -0.441 e. The highest BCUT2D eigenvalue weighted by atomic mass is 16.4. The fraction of sp³-hybridized carbons (Fsp3) is 0.474. The fourth-order valence-electron chi connectivity index (χ4n) is 3.24. The number of oxazole rings is 1. The van der Waals surface area contributed by atoms with E-state index in [0.29, 0.717) is 17.9 Å². The van der Waals surface area contributed by atoms with E-state index in [-0.39, 0.29) is 12.3 Å². The molecule has 2 aromatic rings. The van der Waals surface area contributed by atoms with E-state index in [0.717, 1.165) is 23.4 Å². The number of nitrogens with one attached hydrogen (secondary N) is 1. The molecule has 3 rings (SSSR count). The quantitative estimate of drug-likeness (QED) is 0.932. The van der Waals surface area contributed by atoms with Crippen LogP contribution in [-0.4, -0.2) is 16.9 Å². The van der Waals surface area contributed by atoms with Crippen molar-refractivity contribution in [1.82, 2.24) is 10.3 Å². The topological polar surface area (TPSA) is 55.1 Å². The third kappa shape index (κ3) is 3.81. The van der Waals surface area contributed by atoms with Crippen molar-refractivity contribution in [2.75, 3.05) is 0 Å². The minimum atomic E-state index is 0.0414. The van der Waals surface area contributed by atoms with Crippen LogP contribution in [0.25, 0.3) is 11.5 Å². The Labute approximate surface area is 137 Å². The van der Waals surface area contributed by atoms with Gasteiger partial charge in [0.15, 0.2) is 0 Å². The van der Waals surface area contributed by atoms with Crippen molar-refractivity contribution >= 4 is 5.91 Å². The molecule has 1 aromatic heterocycles. The molecule has 0 saturated heterocycles. The molecule has 1 N–H and O–H groups in total. The van der Waals surface area contributed by atoms with Crippen LogP contribution in [0.15, 0.2) is 34.7 Å². The second-order valence-electron chi connectivity index (χ2n) is 6.50. The summed E-state index contributed by atoms with van der Waals surface area (Å²) >= 11 is 0. The summed E-state index contributed by atoms with van der Waals surface area (Å²) in [6.45, 7) is 4.09. The maximum Gasteiger partial charge on any atom is 0.226 e. The van der Waals surface area contributed by atoms with Crippen LogP contribution in [0, 0.1) is 12.8 Å². The molecule has 0 radical (unpaired) electrons. The number of amides is 1. The van der Waals surface area contributed by atoms with Crippen molar-refractivity contribution in [2.45, 2.75) is 52.0 Å². The molecule has 4 heteroatoms. The number of rotatable bonds is 4. The SMILES string of the molecule is Cc1oc(-c2ccccc2)nc1CC(=O)NC1CCCCC1C. The lowest BCUT2D eigenvalue weighted by Gasteiger charge is -2.29. The second-order valence-corrected chi connectivity index (χ2v) is 6.50. The Bertz CT molecular complexity index is 663. The lowest BCUT2D eigenvalue weighted by Crippen LogP contribution is -2.41. The Morgan fingerprint density at radius 1 is 1.26 bits per heavy atom. The third-order valence-corrected chi connectivity index (χ3v) is 4.70. The lowest BCUT2D eigenvalue weighted by molar-refractivity contribution is -0.121. The summed E-state index contributed by atoms with van der Waals surface area (Å²) in [6.07, 6.45) is 5.05. The Balaban J connectivity index is 1.66. The maximum absolute atomic E-state index is 12.3. The van der Waals surface area contributed by atoms with Crippen LogP contribution < -0.4 is 5.32 Å². The smallest absolute Gasteiger partial charge is 0.226 e. The molecule has 1 heterocycles. The molecule has 4 nitrogen and oxygen atoms in total. The molecule has 0 bridgehead atoms. The minimum absolute atomic E-state index is 0.0414. The van der Waals surface area contributed by atoms with Crippen LogP contribution in [0.5, 0.6) is 0 Å². The van der Waals surface area contributed by atoms with E-state index >= 15 is 0 Å². The largest absolute Gasteiger partial charge is 0.441 e. The fourth-order valence-corrected chi connectivity index (χ4v) is 3.24. The molecule has 1 aliphatic carbocycles. The lowest BCUT2D eigenvalue weighted by atomic mass is 9.86. The summed E-state index contributed by atoms with van der Waals surface area (Å²) in [5, 5.41) is 3.17. The van der Waals surface area contributed by atoms with Crippen molar-refractivity contribution in [3.05, 3.63) is 41.8 Å². The van der Waals surface area contributed by atoms with E-state index in [4.69, 9.17) is 4.42 Å². The average molecular weight is 312 g/mol. The number of hydrogen-bond donors (Lipinski definition) is 1. The van der Waals surface area contributed by atoms with Crippen LogP contribution in [0.3, 0.4) is 0 Å². The van der Waals surface area contributed by atoms with Gasteiger partial charge in [-0.3, -0.25) is 4.79 Å². The number of aryl methyl sites for hydroxylation is 1. The first-order chi connectivity index (χ1) is 11.1. The first-order valence-electron chi connectivity index (χ1n) is 8.44. The van der Waals surface area contributed by atoms with Gasteiger partial charge in [0.25, 0.3) is 0 Å². The molecular formula is C19H24N2O2. The van der Waals surface area contributed by atoms with Crippen molar-refractivity contribution in [1.29, 1.82) is 0 Å². The van der Waals surface area contributed by atoms with Crippen molar-refractivity contribution in [3.8, 4) is 11.5 Å². The van der Waals surface area contributed by atoms with Gasteiger partial charge in [-0.15, -0.1) is 0 Å². The number of carbonyl (C=O) groups is 1. The van der Waals surface area contributed by atoms with Gasteiger partial charge in [-0.2, -0.15) is 0 Å². The Hall–Kier alpha value is -2.10. The van der Waals surface area contributed by atoms with Gasteiger partial charge in [0.05, 0.1) is 12.1 Å². The third-order valence-electron chi connectivity index (χ3n) is 4.70. The van der Waals surface area contributed by atoms with Gasteiger partial charge in [0.1, 0.15) is 5.76 Å². The zero-order valence-corrected chi connectivity index (χ0v) is 13.8. The highest BCUT2D eigenvalue weighted by Crippen LogP contribution is 2.24. The van der Waals surface area contributed by atoms with E-state index in [1.165, 1.54) is 19.3 Å². The molecule has 1 saturated carbocycles. The van der Waals surface area contributed by atoms with Crippen molar-refractivity contribution < 1.29 is 9.21 Å². The molecule has 2 unspecified atom stereocenters. The van der Waals surface area contributed by atoms with Gasteiger partial charge in [-0.1, -0.05) is 38.0 Å². The number of benzene rings is 1. The van der Waals surface area contributed by atoms with Gasteiger partial charge in [0, 0.05) is 11.6 Å². The van der Waals surface area contributed by atoms with E-state index in [2.05, 4.69) is 17.2 Å². The summed E-state index contributed by atoms with van der Waals surface area (Å²) in [5.41, 5.74) is 1.66. The van der Waals surface area contributed by atoms with Gasteiger partial charge in [-0.05, 0) is 37.8 Å². The molecule has 1 fully saturated rings. The van der Waals surface area contributed by atoms with Crippen molar-refractivity contribution in [3.63, 3.8) is 0 Å². The van der Waals surface area contributed by atoms with Gasteiger partial charge in [-0.25, -0.2) is 4.98 Å². The summed E-state index contributed by atoms with van der Waals surface area (Å²) in [6, 6.07) is 10.1. The number of nitrogens with zero attached hydrogens (tertiary/aromatic N) is 1. The summed E-state index contributed by atoms with van der Waals surface area (Å²) in [5.74, 6) is 1.90. The molecule has 2 atom stereocenters. The zero-order chi connectivity index (χ0) is 16.2. The number of hydrogen-bond acceptors (Lipinski definition) is 3. The first-order valence-corrected chi connectivity index (χ1v) is 8.44. The highest BCUT2D eigenvalue weighted by molar-refractivity contribution is 5.78. The van der Waals surface area contributed by atoms with Crippen LogP contribution in [0.4, 0.5) is 0 Å². The zero-order valence-electron chi connectivity index (χ0n) is 13.8. The molecule has 1 aromatic carbocycles. The molecule has 0 spiro atoms. The number of carbonyl (C=O) groups excluding carboxylic acids is 1. The van der Waals surface area contributed by atoms with Gasteiger partial charge in [0.2, 0.25) is 11.8 Å². The Morgan fingerprint density at radius 3 is 2.74 bits per heavy atom. The Morgan fingerprint density at radius 2 is 2.00 bits per heavy atom. The molecule has 23 heavy (non-hydrogen) atoms. The second kappa shape index (κ2) is 6.99. The molecular weight excluding hydrogens is 288 g/mol. The predicted octanol–water partition coefficient (Wildman–Crippen LogP) is 3.89. The van der Waals surface area contributed by atoms with Gasteiger partial charge >= 0.3 is 0 Å². The van der Waals surface area contributed by atoms with E-state index in [1.807, 2.05) is 37.3 Å². The van der Waals surface area contributed by atoms with Gasteiger partial charge < -0.3 is 9.73 Å². The van der Waals surface area contributed by atoms with Crippen LogP contribution in [-0.2, 0) is 11.2 Å². The molecule has 1 aliphatic rings. The molecule has 1 amide bonds. The van der Waals surface area contributed by atoms with Crippen LogP contribution in [0.2, 0.25) is 0 Å². The summed E-state index contributed by atoms with van der Waals surface area (Å²) in [7, 11) is 0. The van der Waals surface area contributed by atoms with E-state index in [1.54, 1.807) is 0 Å². The highest BCUT2D eigenvalue weighted by Gasteiger charge is 2.23. The Kier molecular flexibility index (Phi) is 4.79. The molecule has 122 valence electrons. The first kappa shape index (κ1) is 15.8. The maximum atomic E-state index is 12.3. The summed E-state index contributed by atoms with van der Waals surface area (Å²) < 4.78 is 5.72. The number of aromatic nitrogens is 1. The van der Waals surface area contributed by atoms with Crippen LogP contribution in [0.1, 0.15) is 44.1 Å². The summed E-state index contributed by atoms with van der Waals surface area (Å²) in [4.78, 5) is 16.8. The standard InChI is InChI=1S/C19H24N2O2/c1-13-8-6-7-11-16(13)20-18(22)12-17-14(2)23-19(21-17)15-9-4-3-5-10-15/h3-5,9-10,13,16H,6-8,11-12H2,1-2H3,(H,20,22).